The van der Waals surface area contributed by atoms with E-state index < -0.39 is 16.1 Å². The first kappa shape index (κ1) is 20.8. The first-order valence-electron chi connectivity index (χ1n) is 10.1. The van der Waals surface area contributed by atoms with E-state index >= 15 is 0 Å². The minimum atomic E-state index is -1.61. The van der Waals surface area contributed by atoms with Crippen LogP contribution in [0.25, 0.3) is 21.5 Å². The molecule has 0 amide bonds. The normalized spacial score (nSPS) is 14.3. The zero-order valence-electron chi connectivity index (χ0n) is 18.9. The molecule has 1 aromatic heterocycles. The molecule has 0 saturated carbocycles. The highest BCUT2D eigenvalue weighted by Gasteiger charge is 2.44. The van der Waals surface area contributed by atoms with Crippen LogP contribution in [0.4, 0.5) is 0 Å². The standard InChI is InChI=1S/C24H36SSi2/c1-23(2,3)26(7,8)21-19-15-17-13-11-12-14-18(17)16-20(19)22(25-21)27(9,10)24(4,5)6/h11-16H,1-10H3. The number of hydrogen-bond donors (Lipinski definition) is 0. The van der Waals surface area contributed by atoms with E-state index in [4.69, 9.17) is 0 Å². The molecule has 3 heteroatoms. The largest absolute Gasteiger partial charge is 0.153 e. The fraction of sp³-hybridized carbons (Fsp3) is 0.500. The van der Waals surface area contributed by atoms with Crippen LogP contribution in [0.1, 0.15) is 41.5 Å². The van der Waals surface area contributed by atoms with Gasteiger partial charge in [0.1, 0.15) is 0 Å². The van der Waals surface area contributed by atoms with Crippen LogP contribution >= 0.6 is 11.3 Å². The molecule has 3 rings (SSSR count). The summed E-state index contributed by atoms with van der Waals surface area (Å²) in [6.07, 6.45) is 0. The SMILES string of the molecule is CC(C)(C)[Si](C)(C)c1sc([Si](C)(C)C(C)(C)C)c2cc3ccccc3cc12. The lowest BCUT2D eigenvalue weighted by molar-refractivity contribution is 0.730. The molecule has 0 radical (unpaired) electrons. The van der Waals surface area contributed by atoms with Crippen LogP contribution in [0.3, 0.4) is 0 Å². The maximum Gasteiger partial charge on any atom is 0.0995 e. The van der Waals surface area contributed by atoms with Crippen molar-refractivity contribution in [2.75, 3.05) is 0 Å². The number of benzene rings is 2. The molecule has 0 unspecified atom stereocenters. The van der Waals surface area contributed by atoms with Gasteiger partial charge < -0.3 is 0 Å². The second-order valence-corrected chi connectivity index (χ2v) is 23.5. The van der Waals surface area contributed by atoms with Gasteiger partial charge in [-0.05, 0) is 52.8 Å². The van der Waals surface area contributed by atoms with E-state index in [2.05, 4.69) is 115 Å². The second kappa shape index (κ2) is 6.30. The summed E-state index contributed by atoms with van der Waals surface area (Å²) in [5.41, 5.74) is 0. The summed E-state index contributed by atoms with van der Waals surface area (Å²) in [5, 5.41) is 6.55. The van der Waals surface area contributed by atoms with E-state index in [-0.39, 0.29) is 0 Å². The molecule has 0 N–H and O–H groups in total. The van der Waals surface area contributed by atoms with Crippen LogP contribution < -0.4 is 9.00 Å². The minimum absolute atomic E-state index is 0.348. The van der Waals surface area contributed by atoms with Gasteiger partial charge in [-0.25, -0.2) is 0 Å². The number of hydrogen-bond acceptors (Lipinski definition) is 1. The molecular formula is C24H36SSi2. The fourth-order valence-electron chi connectivity index (χ4n) is 3.44. The Hall–Kier alpha value is -0.906. The number of fused-ring (bicyclic) bond motifs is 2. The first-order chi connectivity index (χ1) is 12.2. The Bertz CT molecular complexity index is 915. The fourth-order valence-corrected chi connectivity index (χ4v) is 12.1. The summed E-state index contributed by atoms with van der Waals surface area (Å²) in [6.45, 7) is 24.9. The Kier molecular flexibility index (Phi) is 4.86. The monoisotopic (exact) mass is 412 g/mol. The Labute approximate surface area is 172 Å². The zero-order valence-corrected chi connectivity index (χ0v) is 21.7. The van der Waals surface area contributed by atoms with E-state index in [1.54, 1.807) is 19.8 Å². The smallest absolute Gasteiger partial charge is 0.0995 e. The maximum absolute atomic E-state index is 2.57. The summed E-state index contributed by atoms with van der Waals surface area (Å²) >= 11 is 2.17. The van der Waals surface area contributed by atoms with Gasteiger partial charge in [0.05, 0.1) is 16.1 Å². The van der Waals surface area contributed by atoms with Crippen LogP contribution in [0.5, 0.6) is 0 Å². The average Bonchev–Trinajstić information content (AvgIpc) is 2.90. The molecule has 0 saturated heterocycles. The highest BCUT2D eigenvalue weighted by Crippen LogP contribution is 2.42. The Balaban J connectivity index is 2.46. The van der Waals surface area contributed by atoms with Gasteiger partial charge in [-0.2, -0.15) is 11.3 Å². The van der Waals surface area contributed by atoms with Gasteiger partial charge in [-0.3, -0.25) is 0 Å². The lowest BCUT2D eigenvalue weighted by Crippen LogP contribution is -2.50. The highest BCUT2D eigenvalue weighted by molar-refractivity contribution is 7.38. The van der Waals surface area contributed by atoms with E-state index in [1.165, 1.54) is 10.8 Å². The van der Waals surface area contributed by atoms with Crippen LogP contribution in [0.15, 0.2) is 36.4 Å². The molecule has 0 fully saturated rings. The lowest BCUT2D eigenvalue weighted by atomic mass is 10.1. The Morgan fingerprint density at radius 2 is 0.963 bits per heavy atom. The quantitative estimate of drug-likeness (QED) is 0.382. The van der Waals surface area contributed by atoms with Crippen molar-refractivity contribution in [1.82, 2.24) is 0 Å². The molecule has 0 atom stereocenters. The van der Waals surface area contributed by atoms with Crippen molar-refractivity contribution in [3.05, 3.63) is 36.4 Å². The minimum Gasteiger partial charge on any atom is -0.153 e. The summed E-state index contributed by atoms with van der Waals surface area (Å²) < 4.78 is 3.41. The van der Waals surface area contributed by atoms with Crippen molar-refractivity contribution < 1.29 is 0 Å². The predicted molar refractivity (Wildman–Crippen MR) is 133 cm³/mol. The molecule has 0 spiro atoms. The maximum atomic E-state index is 2.57. The van der Waals surface area contributed by atoms with Crippen molar-refractivity contribution in [3.63, 3.8) is 0 Å². The zero-order chi connectivity index (χ0) is 20.4. The number of thiophene rings is 1. The van der Waals surface area contributed by atoms with Gasteiger partial charge in [-0.1, -0.05) is 92.0 Å². The third kappa shape index (κ3) is 3.26. The molecule has 2 aromatic carbocycles. The molecule has 0 aliphatic heterocycles. The van der Waals surface area contributed by atoms with Crippen LogP contribution in [-0.4, -0.2) is 16.1 Å². The molecular weight excluding hydrogens is 377 g/mol. The van der Waals surface area contributed by atoms with Gasteiger partial charge >= 0.3 is 0 Å². The predicted octanol–water partition coefficient (Wildman–Crippen LogP) is 7.49. The third-order valence-corrected chi connectivity index (χ3v) is 22.3. The third-order valence-electron chi connectivity index (χ3n) is 7.46. The van der Waals surface area contributed by atoms with Gasteiger partial charge in [0, 0.05) is 0 Å². The summed E-state index contributed by atoms with van der Waals surface area (Å²) in [4.78, 5) is 0. The van der Waals surface area contributed by atoms with Crippen molar-refractivity contribution in [3.8, 4) is 0 Å². The second-order valence-electron chi connectivity index (χ2n) is 11.3. The van der Waals surface area contributed by atoms with E-state index in [0.29, 0.717) is 10.1 Å². The highest BCUT2D eigenvalue weighted by atomic mass is 32.1. The molecule has 0 aliphatic carbocycles. The average molecular weight is 413 g/mol. The van der Waals surface area contributed by atoms with Crippen molar-refractivity contribution in [2.45, 2.75) is 77.8 Å². The van der Waals surface area contributed by atoms with Crippen molar-refractivity contribution in [2.24, 2.45) is 0 Å². The molecule has 0 bridgehead atoms. The van der Waals surface area contributed by atoms with Crippen molar-refractivity contribution in [1.29, 1.82) is 0 Å². The van der Waals surface area contributed by atoms with Gasteiger partial charge in [0.2, 0.25) is 0 Å². The molecule has 0 aliphatic rings. The Morgan fingerprint density at radius 3 is 1.26 bits per heavy atom. The molecule has 3 aromatic rings. The van der Waals surface area contributed by atoms with Crippen LogP contribution in [0, 0.1) is 0 Å². The Morgan fingerprint density at radius 1 is 0.630 bits per heavy atom. The molecule has 0 nitrogen and oxygen atoms in total. The first-order valence-corrected chi connectivity index (χ1v) is 17.0. The molecule has 1 heterocycles. The van der Waals surface area contributed by atoms with Gasteiger partial charge in [0.15, 0.2) is 0 Å². The van der Waals surface area contributed by atoms with Crippen LogP contribution in [-0.2, 0) is 0 Å². The summed E-state index contributed by atoms with van der Waals surface area (Å²) in [6, 6.07) is 13.9. The number of rotatable bonds is 2. The summed E-state index contributed by atoms with van der Waals surface area (Å²) in [5.74, 6) is 0. The van der Waals surface area contributed by atoms with E-state index in [0.717, 1.165) is 0 Å². The van der Waals surface area contributed by atoms with Crippen molar-refractivity contribution >= 4 is 58.0 Å². The van der Waals surface area contributed by atoms with Gasteiger partial charge in [-0.15, -0.1) is 0 Å². The van der Waals surface area contributed by atoms with Gasteiger partial charge in [0.25, 0.3) is 0 Å². The molecule has 27 heavy (non-hydrogen) atoms. The van der Waals surface area contributed by atoms with Crippen LogP contribution in [0.2, 0.25) is 36.3 Å². The molecule has 146 valence electrons. The summed E-state index contributed by atoms with van der Waals surface area (Å²) in [7, 11) is -3.22. The topological polar surface area (TPSA) is 0 Å². The van der Waals surface area contributed by atoms with E-state index in [1.807, 2.05) is 0 Å². The lowest BCUT2D eigenvalue weighted by Gasteiger charge is -2.37. The van der Waals surface area contributed by atoms with E-state index in [9.17, 15) is 0 Å².